The molecule has 108 valence electrons. The second-order valence-corrected chi connectivity index (χ2v) is 6.28. The van der Waals surface area contributed by atoms with Crippen LogP contribution in [0.1, 0.15) is 49.3 Å². The molecule has 0 saturated carbocycles. The molecule has 0 spiro atoms. The van der Waals surface area contributed by atoms with Crippen LogP contribution in [0.15, 0.2) is 6.20 Å². The first-order valence-corrected chi connectivity index (χ1v) is 6.68. The number of rotatable bonds is 2. The van der Waals surface area contributed by atoms with E-state index in [0.717, 1.165) is 16.6 Å². The summed E-state index contributed by atoms with van der Waals surface area (Å²) in [5.41, 5.74) is 7.25. The number of aryl methyl sites for hydroxylation is 1. The van der Waals surface area contributed by atoms with Crippen molar-refractivity contribution in [2.24, 2.45) is 5.73 Å². The quantitative estimate of drug-likeness (QED) is 0.821. The number of pyridine rings is 1. The molecule has 1 aliphatic heterocycles. The van der Waals surface area contributed by atoms with Crippen LogP contribution in [0.2, 0.25) is 0 Å². The minimum absolute atomic E-state index is 0.264. The lowest BCUT2D eigenvalue weighted by Crippen LogP contribution is -2.41. The second-order valence-electron chi connectivity index (χ2n) is 6.28. The zero-order chi connectivity index (χ0) is 15.3. The molecule has 2 N–H and O–H groups in total. The lowest BCUT2D eigenvalue weighted by atomic mass is 9.73. The molecule has 6 heteroatoms. The number of hydrogen-bond acceptors (Lipinski definition) is 4. The van der Waals surface area contributed by atoms with Gasteiger partial charge in [0.1, 0.15) is 5.69 Å². The Labute approximate surface area is 120 Å². The second kappa shape index (κ2) is 4.57. The van der Waals surface area contributed by atoms with E-state index in [4.69, 9.17) is 15.0 Å². The Morgan fingerprint density at radius 2 is 1.70 bits per heavy atom. The van der Waals surface area contributed by atoms with Crippen LogP contribution in [0.25, 0.3) is 0 Å². The van der Waals surface area contributed by atoms with Crippen molar-refractivity contribution >= 4 is 18.5 Å². The van der Waals surface area contributed by atoms with Crippen LogP contribution < -0.4 is 11.2 Å². The van der Waals surface area contributed by atoms with Crippen LogP contribution in [-0.2, 0) is 9.31 Å². The van der Waals surface area contributed by atoms with Gasteiger partial charge in [-0.2, -0.15) is 0 Å². The minimum Gasteiger partial charge on any atom is -0.399 e. The summed E-state index contributed by atoms with van der Waals surface area (Å²) in [6.45, 7) is 11.7. The number of primary amides is 1. The first kappa shape index (κ1) is 15.0. The molecule has 0 atom stereocenters. The molecule has 2 heterocycles. The van der Waals surface area contributed by atoms with Gasteiger partial charge in [0.2, 0.25) is 0 Å². The van der Waals surface area contributed by atoms with Crippen molar-refractivity contribution in [3.8, 4) is 0 Å². The standard InChI is InChI=1S/C14H21BN2O3/c1-8-7-17-11(12(16)18)9(2)10(8)15-19-13(3,4)14(5,6)20-15/h7H,1-6H3,(H2,16,18). The molecule has 0 bridgehead atoms. The van der Waals surface area contributed by atoms with E-state index in [1.165, 1.54) is 0 Å². The van der Waals surface area contributed by atoms with Gasteiger partial charge in [0.15, 0.2) is 0 Å². The summed E-state index contributed by atoms with van der Waals surface area (Å²) in [6.07, 6.45) is 1.63. The van der Waals surface area contributed by atoms with Crippen LogP contribution in [0.4, 0.5) is 0 Å². The summed E-state index contributed by atoms with van der Waals surface area (Å²) >= 11 is 0. The van der Waals surface area contributed by atoms with Crippen LogP contribution in [0.3, 0.4) is 0 Å². The van der Waals surface area contributed by atoms with Gasteiger partial charge >= 0.3 is 7.12 Å². The molecule has 1 fully saturated rings. The van der Waals surface area contributed by atoms with Crippen molar-refractivity contribution in [3.63, 3.8) is 0 Å². The number of carbonyl (C=O) groups excluding carboxylic acids is 1. The van der Waals surface area contributed by atoms with Gasteiger partial charge in [0.05, 0.1) is 11.2 Å². The SMILES string of the molecule is Cc1cnc(C(N)=O)c(C)c1B1OC(C)(C)C(C)(C)O1. The summed E-state index contributed by atoms with van der Waals surface area (Å²) in [5.74, 6) is -0.541. The van der Waals surface area contributed by atoms with E-state index in [-0.39, 0.29) is 5.69 Å². The summed E-state index contributed by atoms with van der Waals surface area (Å²) in [4.78, 5) is 15.5. The van der Waals surface area contributed by atoms with E-state index in [2.05, 4.69) is 4.98 Å². The van der Waals surface area contributed by atoms with Gasteiger partial charge in [-0.15, -0.1) is 0 Å². The number of carbonyl (C=O) groups is 1. The third-order valence-electron chi connectivity index (χ3n) is 4.29. The van der Waals surface area contributed by atoms with Crippen molar-refractivity contribution in [1.29, 1.82) is 0 Å². The Morgan fingerprint density at radius 1 is 1.20 bits per heavy atom. The number of nitrogens with two attached hydrogens (primary N) is 1. The highest BCUT2D eigenvalue weighted by Crippen LogP contribution is 2.36. The van der Waals surface area contributed by atoms with E-state index in [0.29, 0.717) is 0 Å². The summed E-state index contributed by atoms with van der Waals surface area (Å²) in [5, 5.41) is 0. The monoisotopic (exact) mass is 276 g/mol. The number of amides is 1. The van der Waals surface area contributed by atoms with Gasteiger partial charge in [-0.3, -0.25) is 9.78 Å². The lowest BCUT2D eigenvalue weighted by molar-refractivity contribution is 0.00578. The molecule has 2 rings (SSSR count). The van der Waals surface area contributed by atoms with Gasteiger partial charge in [-0.25, -0.2) is 0 Å². The van der Waals surface area contributed by atoms with Gasteiger partial charge in [-0.1, -0.05) is 0 Å². The topological polar surface area (TPSA) is 74.4 Å². The van der Waals surface area contributed by atoms with Crippen LogP contribution >= 0.6 is 0 Å². The summed E-state index contributed by atoms with van der Waals surface area (Å²) in [7, 11) is -0.513. The number of hydrogen-bond donors (Lipinski definition) is 1. The minimum atomic E-state index is -0.541. The summed E-state index contributed by atoms with van der Waals surface area (Å²) in [6, 6.07) is 0. The fraction of sp³-hybridized carbons (Fsp3) is 0.571. The maximum atomic E-state index is 11.4. The van der Waals surface area contributed by atoms with E-state index in [1.54, 1.807) is 6.20 Å². The zero-order valence-electron chi connectivity index (χ0n) is 12.9. The molecule has 5 nitrogen and oxygen atoms in total. The maximum absolute atomic E-state index is 11.4. The molecule has 1 saturated heterocycles. The van der Waals surface area contributed by atoms with E-state index < -0.39 is 24.2 Å². The zero-order valence-corrected chi connectivity index (χ0v) is 12.9. The smallest absolute Gasteiger partial charge is 0.399 e. The number of aromatic nitrogens is 1. The summed E-state index contributed by atoms with van der Waals surface area (Å²) < 4.78 is 12.1. The third kappa shape index (κ3) is 2.23. The molecular formula is C14H21BN2O3. The van der Waals surface area contributed by atoms with Crippen molar-refractivity contribution in [1.82, 2.24) is 4.98 Å². The van der Waals surface area contributed by atoms with E-state index >= 15 is 0 Å². The van der Waals surface area contributed by atoms with Crippen molar-refractivity contribution in [2.45, 2.75) is 52.7 Å². The van der Waals surface area contributed by atoms with Gasteiger partial charge in [0.25, 0.3) is 5.91 Å². The molecule has 1 aromatic heterocycles. The Kier molecular flexibility index (Phi) is 3.43. The Balaban J connectivity index is 2.50. The highest BCUT2D eigenvalue weighted by molar-refractivity contribution is 6.63. The number of nitrogens with zero attached hydrogens (tertiary/aromatic N) is 1. The predicted molar refractivity (Wildman–Crippen MR) is 77.9 cm³/mol. The van der Waals surface area contributed by atoms with E-state index in [1.807, 2.05) is 41.5 Å². The van der Waals surface area contributed by atoms with Gasteiger partial charge in [-0.05, 0) is 58.1 Å². The average Bonchev–Trinajstić information content (AvgIpc) is 2.47. The fourth-order valence-corrected chi connectivity index (χ4v) is 2.32. The molecule has 0 aliphatic carbocycles. The van der Waals surface area contributed by atoms with Crippen molar-refractivity contribution in [2.75, 3.05) is 0 Å². The third-order valence-corrected chi connectivity index (χ3v) is 4.29. The lowest BCUT2D eigenvalue weighted by Gasteiger charge is -2.32. The molecule has 1 amide bonds. The molecule has 1 aromatic rings. The highest BCUT2D eigenvalue weighted by atomic mass is 16.7. The molecule has 1 aliphatic rings. The van der Waals surface area contributed by atoms with Crippen LogP contribution in [0, 0.1) is 13.8 Å². The molecule has 0 radical (unpaired) electrons. The molecular weight excluding hydrogens is 255 g/mol. The van der Waals surface area contributed by atoms with Crippen LogP contribution in [-0.4, -0.2) is 29.2 Å². The highest BCUT2D eigenvalue weighted by Gasteiger charge is 2.52. The predicted octanol–water partition coefficient (Wildman–Crippen LogP) is 1.10. The Bertz CT molecular complexity index is 554. The van der Waals surface area contributed by atoms with Gasteiger partial charge in [0, 0.05) is 6.20 Å². The first-order valence-electron chi connectivity index (χ1n) is 6.68. The normalized spacial score (nSPS) is 20.2. The van der Waals surface area contributed by atoms with Crippen LogP contribution in [0.5, 0.6) is 0 Å². The Morgan fingerprint density at radius 3 is 2.15 bits per heavy atom. The van der Waals surface area contributed by atoms with E-state index in [9.17, 15) is 4.79 Å². The Hall–Kier alpha value is -1.40. The maximum Gasteiger partial charge on any atom is 0.495 e. The van der Waals surface area contributed by atoms with Crippen molar-refractivity contribution < 1.29 is 14.1 Å². The molecule has 0 aromatic carbocycles. The van der Waals surface area contributed by atoms with Gasteiger partial charge < -0.3 is 15.0 Å². The average molecular weight is 276 g/mol. The molecule has 0 unspecified atom stereocenters. The fourth-order valence-electron chi connectivity index (χ4n) is 2.32. The largest absolute Gasteiger partial charge is 0.495 e. The first-order chi connectivity index (χ1) is 9.07. The molecule has 20 heavy (non-hydrogen) atoms. The van der Waals surface area contributed by atoms with Crippen molar-refractivity contribution in [3.05, 3.63) is 23.0 Å².